The maximum Gasteiger partial charge on any atom is 0.326 e. The first-order valence-corrected chi connectivity index (χ1v) is 5.01. The van der Waals surface area contributed by atoms with Crippen LogP contribution in [0.1, 0.15) is 39.0 Å². The fourth-order valence-corrected chi connectivity index (χ4v) is 1.26. The summed E-state index contributed by atoms with van der Waals surface area (Å²) in [6.45, 7) is 1.31. The van der Waals surface area contributed by atoms with Crippen LogP contribution in [0.4, 0.5) is 0 Å². The first kappa shape index (κ1) is 13.5. The Balaban J connectivity index is 3.73. The third-order valence-electron chi connectivity index (χ3n) is 1.99. The summed E-state index contributed by atoms with van der Waals surface area (Å²) in [6, 6.07) is -0.770. The first-order chi connectivity index (χ1) is 7.07. The van der Waals surface area contributed by atoms with Gasteiger partial charge in [-0.3, -0.25) is 4.79 Å². The van der Waals surface area contributed by atoms with Gasteiger partial charge in [0.05, 0.1) is 0 Å². The van der Waals surface area contributed by atoms with E-state index in [1.807, 2.05) is 0 Å². The summed E-state index contributed by atoms with van der Waals surface area (Å²) in [5.41, 5.74) is 0. The van der Waals surface area contributed by atoms with Crippen molar-refractivity contribution in [3.63, 3.8) is 0 Å². The molecule has 0 saturated carbocycles. The number of nitrogens with one attached hydrogen (secondary N) is 1. The molecule has 1 unspecified atom stereocenters. The second-order valence-corrected chi connectivity index (χ2v) is 3.39. The summed E-state index contributed by atoms with van der Waals surface area (Å²) in [6.07, 6.45) is 8.83. The number of unbranched alkanes of at least 4 members (excludes halogenated alkanes) is 3. The van der Waals surface area contributed by atoms with E-state index in [9.17, 15) is 9.59 Å². The fraction of sp³-hybridized carbons (Fsp3) is 0.636. The molecule has 0 fully saturated rings. The lowest BCUT2D eigenvalue weighted by Gasteiger charge is -2.12. The van der Waals surface area contributed by atoms with Crippen LogP contribution in [0.25, 0.3) is 0 Å². The topological polar surface area (TPSA) is 66.4 Å². The molecule has 0 radical (unpaired) electrons. The Morgan fingerprint density at radius 1 is 1.40 bits per heavy atom. The van der Waals surface area contributed by atoms with Crippen molar-refractivity contribution in [1.82, 2.24) is 5.32 Å². The Morgan fingerprint density at radius 2 is 2.07 bits per heavy atom. The van der Waals surface area contributed by atoms with Gasteiger partial charge in [-0.05, 0) is 12.8 Å². The number of carboxylic acids is 1. The van der Waals surface area contributed by atoms with Gasteiger partial charge < -0.3 is 10.4 Å². The molecule has 0 aliphatic rings. The number of carbonyl (C=O) groups is 2. The molecule has 0 saturated heterocycles. The van der Waals surface area contributed by atoms with Crippen LogP contribution in [-0.4, -0.2) is 23.0 Å². The zero-order valence-electron chi connectivity index (χ0n) is 8.95. The molecule has 4 nitrogen and oxygen atoms in total. The fourth-order valence-electron chi connectivity index (χ4n) is 1.26. The highest BCUT2D eigenvalue weighted by atomic mass is 16.4. The summed E-state index contributed by atoms with van der Waals surface area (Å²) < 4.78 is 0. The van der Waals surface area contributed by atoms with E-state index in [0.717, 1.165) is 25.7 Å². The monoisotopic (exact) mass is 211 g/mol. The lowest BCUT2D eigenvalue weighted by molar-refractivity contribution is -0.141. The normalized spacial score (nSPS) is 11.5. The molecule has 0 aromatic rings. The minimum Gasteiger partial charge on any atom is -0.480 e. The van der Waals surface area contributed by atoms with Crippen LogP contribution in [-0.2, 0) is 9.59 Å². The van der Waals surface area contributed by atoms with E-state index in [2.05, 4.69) is 11.2 Å². The van der Waals surface area contributed by atoms with Crippen LogP contribution in [0.2, 0.25) is 0 Å². The largest absolute Gasteiger partial charge is 0.480 e. The van der Waals surface area contributed by atoms with Crippen LogP contribution in [0.3, 0.4) is 0 Å². The van der Waals surface area contributed by atoms with Crippen molar-refractivity contribution in [1.29, 1.82) is 0 Å². The van der Waals surface area contributed by atoms with Crippen molar-refractivity contribution in [3.05, 3.63) is 0 Å². The van der Waals surface area contributed by atoms with Crippen LogP contribution in [0.15, 0.2) is 0 Å². The molecule has 1 atom stereocenters. The van der Waals surface area contributed by atoms with Gasteiger partial charge in [0.15, 0.2) is 0 Å². The number of terminal acetylenes is 1. The summed E-state index contributed by atoms with van der Waals surface area (Å²) in [7, 11) is 0. The van der Waals surface area contributed by atoms with Crippen molar-refractivity contribution in [2.75, 3.05) is 0 Å². The third-order valence-corrected chi connectivity index (χ3v) is 1.99. The Bertz CT molecular complexity index is 255. The highest BCUT2D eigenvalue weighted by Crippen LogP contribution is 2.05. The molecule has 0 aliphatic heterocycles. The second kappa shape index (κ2) is 7.86. The van der Waals surface area contributed by atoms with E-state index in [-0.39, 0.29) is 5.91 Å². The average molecular weight is 211 g/mol. The van der Waals surface area contributed by atoms with Gasteiger partial charge in [0.2, 0.25) is 5.91 Å². The van der Waals surface area contributed by atoms with Crippen LogP contribution in [0.5, 0.6) is 0 Å². The van der Waals surface area contributed by atoms with Crippen molar-refractivity contribution in [3.8, 4) is 12.3 Å². The lowest BCUT2D eigenvalue weighted by Crippen LogP contribution is -2.39. The Kier molecular flexibility index (Phi) is 7.08. The number of hydrogen-bond donors (Lipinski definition) is 2. The highest BCUT2D eigenvalue weighted by molar-refractivity contribution is 5.81. The predicted octanol–water partition coefficient (Wildman–Crippen LogP) is 1.16. The second-order valence-electron chi connectivity index (χ2n) is 3.39. The van der Waals surface area contributed by atoms with E-state index in [4.69, 9.17) is 11.5 Å². The maximum atomic E-state index is 10.7. The minimum absolute atomic E-state index is 0.314. The number of amides is 1. The van der Waals surface area contributed by atoms with Gasteiger partial charge in [0.25, 0.3) is 0 Å². The van der Waals surface area contributed by atoms with E-state index < -0.39 is 12.0 Å². The number of carbonyl (C=O) groups excluding carboxylic acids is 1. The van der Waals surface area contributed by atoms with Crippen molar-refractivity contribution >= 4 is 11.9 Å². The van der Waals surface area contributed by atoms with Gasteiger partial charge in [-0.25, -0.2) is 4.79 Å². The average Bonchev–Trinajstić information content (AvgIpc) is 2.15. The van der Waals surface area contributed by atoms with Crippen LogP contribution >= 0.6 is 0 Å². The standard InChI is InChI=1S/C11H17NO3/c1-3-4-5-6-7-8-10(11(14)15)12-9(2)13/h1,10H,4-8H2,2H3,(H,12,13)(H,14,15). The molecule has 0 aromatic heterocycles. The van der Waals surface area contributed by atoms with Gasteiger partial charge >= 0.3 is 5.97 Å². The zero-order chi connectivity index (χ0) is 11.7. The van der Waals surface area contributed by atoms with Crippen molar-refractivity contribution < 1.29 is 14.7 Å². The predicted molar refractivity (Wildman–Crippen MR) is 57.2 cm³/mol. The molecule has 15 heavy (non-hydrogen) atoms. The van der Waals surface area contributed by atoms with E-state index in [1.54, 1.807) is 0 Å². The Morgan fingerprint density at radius 3 is 2.53 bits per heavy atom. The molecule has 84 valence electrons. The van der Waals surface area contributed by atoms with Crippen LogP contribution in [0, 0.1) is 12.3 Å². The molecule has 1 amide bonds. The maximum absolute atomic E-state index is 10.7. The number of rotatable bonds is 7. The molecule has 2 N–H and O–H groups in total. The molecule has 0 aliphatic carbocycles. The number of hydrogen-bond acceptors (Lipinski definition) is 2. The van der Waals surface area contributed by atoms with E-state index >= 15 is 0 Å². The Labute approximate surface area is 90.1 Å². The molecule has 0 spiro atoms. The van der Waals surface area contributed by atoms with Gasteiger partial charge in [-0.1, -0.05) is 12.8 Å². The van der Waals surface area contributed by atoms with Crippen molar-refractivity contribution in [2.24, 2.45) is 0 Å². The minimum atomic E-state index is -0.984. The van der Waals surface area contributed by atoms with E-state index in [1.165, 1.54) is 6.92 Å². The number of carboxylic acid groups (broad SMARTS) is 1. The van der Waals surface area contributed by atoms with E-state index in [0.29, 0.717) is 6.42 Å². The summed E-state index contributed by atoms with van der Waals surface area (Å²) in [5, 5.41) is 11.2. The molecule has 0 bridgehead atoms. The van der Waals surface area contributed by atoms with Gasteiger partial charge in [-0.2, -0.15) is 0 Å². The zero-order valence-corrected chi connectivity index (χ0v) is 8.95. The van der Waals surface area contributed by atoms with Gasteiger partial charge in [-0.15, -0.1) is 12.3 Å². The first-order valence-electron chi connectivity index (χ1n) is 5.01. The highest BCUT2D eigenvalue weighted by Gasteiger charge is 2.16. The van der Waals surface area contributed by atoms with Gasteiger partial charge in [0, 0.05) is 13.3 Å². The number of aliphatic carboxylic acids is 1. The van der Waals surface area contributed by atoms with Gasteiger partial charge in [0.1, 0.15) is 6.04 Å². The Hall–Kier alpha value is -1.50. The summed E-state index contributed by atoms with van der Waals surface area (Å²) >= 11 is 0. The molecule has 0 rings (SSSR count). The molecule has 4 heteroatoms. The molecular formula is C11H17NO3. The lowest BCUT2D eigenvalue weighted by atomic mass is 10.1. The third kappa shape index (κ3) is 7.56. The van der Waals surface area contributed by atoms with Crippen LogP contribution < -0.4 is 5.32 Å². The quantitative estimate of drug-likeness (QED) is 0.490. The molecule has 0 aromatic carbocycles. The SMILES string of the molecule is C#CCCCCCC(NC(C)=O)C(=O)O. The summed E-state index contributed by atoms with van der Waals surface area (Å²) in [5.74, 6) is 1.23. The van der Waals surface area contributed by atoms with Crippen molar-refractivity contribution in [2.45, 2.75) is 45.1 Å². The summed E-state index contributed by atoms with van der Waals surface area (Å²) in [4.78, 5) is 21.4. The molecular weight excluding hydrogens is 194 g/mol. The molecule has 0 heterocycles. The smallest absolute Gasteiger partial charge is 0.326 e.